The van der Waals surface area contributed by atoms with Crippen molar-refractivity contribution in [2.75, 3.05) is 44.7 Å². The Bertz CT molecular complexity index is 1320. The van der Waals surface area contributed by atoms with Gasteiger partial charge in [-0.15, -0.1) is 0 Å². The Hall–Kier alpha value is -3.40. The first kappa shape index (κ1) is 27.2. The fraction of sp³-hybridized carbons (Fsp3) is 0.367. The van der Waals surface area contributed by atoms with Gasteiger partial charge in [0.2, 0.25) is 0 Å². The van der Waals surface area contributed by atoms with E-state index in [9.17, 15) is 0 Å². The van der Waals surface area contributed by atoms with Gasteiger partial charge in [-0.3, -0.25) is 5.01 Å². The van der Waals surface area contributed by atoms with Crippen molar-refractivity contribution in [1.29, 1.82) is 0 Å². The average Bonchev–Trinajstić information content (AvgIpc) is 3.35. The number of fused-ring (bicyclic) bond motifs is 1. The van der Waals surface area contributed by atoms with Crippen molar-refractivity contribution >= 4 is 35.1 Å². The lowest BCUT2D eigenvalue weighted by atomic mass is 10.0. The molecule has 1 atom stereocenters. The summed E-state index contributed by atoms with van der Waals surface area (Å²) in [7, 11) is 0. The number of hydrogen-bond donors (Lipinski definition) is 1. The largest absolute Gasteiger partial charge is 0.382 e. The number of nitrogens with zero attached hydrogens (tertiary/aromatic N) is 7. The second-order valence-corrected chi connectivity index (χ2v) is 10.9. The van der Waals surface area contributed by atoms with Crippen LogP contribution in [0.25, 0.3) is 11.1 Å². The van der Waals surface area contributed by atoms with E-state index >= 15 is 0 Å². The van der Waals surface area contributed by atoms with Gasteiger partial charge in [-0.2, -0.15) is 10.2 Å². The van der Waals surface area contributed by atoms with Crippen molar-refractivity contribution < 1.29 is 0 Å². The molecule has 2 N–H and O–H groups in total. The van der Waals surface area contributed by atoms with Gasteiger partial charge >= 0.3 is 0 Å². The lowest BCUT2D eigenvalue weighted by Crippen LogP contribution is -2.43. The molecule has 39 heavy (non-hydrogen) atoms. The van der Waals surface area contributed by atoms with Crippen molar-refractivity contribution in [3.8, 4) is 0 Å². The molecule has 0 aliphatic carbocycles. The van der Waals surface area contributed by atoms with Crippen molar-refractivity contribution in [3.05, 3.63) is 90.6 Å². The minimum Gasteiger partial charge on any atom is -0.382 e. The summed E-state index contributed by atoms with van der Waals surface area (Å²) in [6, 6.07) is 12.5. The van der Waals surface area contributed by atoms with E-state index in [1.807, 2.05) is 58.2 Å². The summed E-state index contributed by atoms with van der Waals surface area (Å²) in [6.45, 7) is 10.9. The molecular weight excluding hydrogens is 504 g/mol. The number of rotatable bonds is 11. The van der Waals surface area contributed by atoms with Crippen LogP contribution >= 0.6 is 11.9 Å². The average molecular weight is 543 g/mol. The highest BCUT2D eigenvalue weighted by atomic mass is 32.2. The van der Waals surface area contributed by atoms with Gasteiger partial charge in [0.05, 0.1) is 6.54 Å². The van der Waals surface area contributed by atoms with Crippen molar-refractivity contribution in [2.24, 2.45) is 11.0 Å². The maximum atomic E-state index is 6.31. The zero-order valence-corrected chi connectivity index (χ0v) is 23.5. The molecule has 1 unspecified atom stereocenters. The van der Waals surface area contributed by atoms with E-state index < -0.39 is 0 Å². The molecule has 0 saturated carbocycles. The van der Waals surface area contributed by atoms with Gasteiger partial charge in [0.1, 0.15) is 11.8 Å². The number of hydrazone groups is 1. The number of benzene rings is 1. The van der Waals surface area contributed by atoms with Crippen LogP contribution in [0, 0.1) is 5.92 Å². The van der Waals surface area contributed by atoms with E-state index in [0.29, 0.717) is 5.82 Å². The summed E-state index contributed by atoms with van der Waals surface area (Å²) < 4.78 is 4.38. The molecule has 5 rings (SSSR count). The molecule has 204 valence electrons. The molecule has 1 aromatic carbocycles. The van der Waals surface area contributed by atoms with Gasteiger partial charge in [-0.05, 0) is 49.3 Å². The van der Waals surface area contributed by atoms with Crippen LogP contribution in [0.1, 0.15) is 29.7 Å². The van der Waals surface area contributed by atoms with Gasteiger partial charge in [0, 0.05) is 55.8 Å². The number of nitrogens with two attached hydrogens (primary N) is 1. The topological polar surface area (TPSA) is 78.3 Å². The smallest absolute Gasteiger partial charge is 0.151 e. The van der Waals surface area contributed by atoms with Gasteiger partial charge in [0.25, 0.3) is 0 Å². The third kappa shape index (κ3) is 6.98. The Morgan fingerprint density at radius 1 is 1.15 bits per heavy atom. The molecule has 9 heteroatoms. The van der Waals surface area contributed by atoms with Gasteiger partial charge in [-0.1, -0.05) is 67.1 Å². The summed E-state index contributed by atoms with van der Waals surface area (Å²) >= 11 is 1.85. The van der Waals surface area contributed by atoms with Crippen LogP contribution in [0.5, 0.6) is 0 Å². The summed E-state index contributed by atoms with van der Waals surface area (Å²) in [6.07, 6.45) is 17.2. The number of aromatic nitrogens is 3. The quantitative estimate of drug-likeness (QED) is 0.213. The fourth-order valence-corrected chi connectivity index (χ4v) is 5.61. The Morgan fingerprint density at radius 2 is 1.97 bits per heavy atom. The normalized spacial score (nSPS) is 18.5. The number of hydrogen-bond acceptors (Lipinski definition) is 8. The Labute approximate surface area is 235 Å². The maximum Gasteiger partial charge on any atom is 0.151 e. The summed E-state index contributed by atoms with van der Waals surface area (Å²) in [5.41, 5.74) is 11.4. The molecule has 2 aliphatic rings. The van der Waals surface area contributed by atoms with Crippen LogP contribution in [-0.2, 0) is 13.0 Å². The molecule has 2 aromatic heterocycles. The molecule has 8 nitrogen and oxygen atoms in total. The number of piperazine rings is 1. The summed E-state index contributed by atoms with van der Waals surface area (Å²) in [5, 5.41) is 11.1. The zero-order valence-electron chi connectivity index (χ0n) is 22.7. The van der Waals surface area contributed by atoms with Gasteiger partial charge in [-0.25, -0.2) is 13.8 Å². The Kier molecular flexibility index (Phi) is 9.13. The predicted octanol–water partition coefficient (Wildman–Crippen LogP) is 4.73. The lowest BCUT2D eigenvalue weighted by Gasteiger charge is -2.33. The standard InChI is InChI=1S/C30H38N8S/c1-24(11-12-25-13-15-36(33-21-25)22-26-8-4-3-5-9-26)28-20-27(38-29(28)30(31)32-23-34-38)10-6-7-14-35-16-18-37(39-2)19-17-35/h3-5,8-9,11-13,15,20-21,23,25H,1,6-7,10,14,16-19,22H2,2H3,(H2,31,32,34)/b12-11-. The number of aryl methyl sites for hydroxylation is 1. The Morgan fingerprint density at radius 3 is 2.72 bits per heavy atom. The number of unbranched alkanes of at least 4 members (excludes halogenated alkanes) is 1. The molecule has 0 spiro atoms. The van der Waals surface area contributed by atoms with E-state index in [0.717, 1.165) is 80.9 Å². The molecule has 1 fully saturated rings. The minimum atomic E-state index is 0.105. The number of anilines is 1. The summed E-state index contributed by atoms with van der Waals surface area (Å²) in [5.74, 6) is 0.580. The summed E-state index contributed by atoms with van der Waals surface area (Å²) in [4.78, 5) is 6.83. The number of nitrogen functional groups attached to an aromatic ring is 1. The number of allylic oxidation sites excluding steroid dienone is 4. The van der Waals surface area contributed by atoms with Gasteiger partial charge < -0.3 is 10.6 Å². The zero-order chi connectivity index (χ0) is 27.0. The van der Waals surface area contributed by atoms with Crippen LogP contribution in [0.4, 0.5) is 5.82 Å². The highest BCUT2D eigenvalue weighted by molar-refractivity contribution is 7.96. The maximum absolute atomic E-state index is 6.31. The van der Waals surface area contributed by atoms with E-state index in [1.54, 1.807) is 0 Å². The molecule has 0 bridgehead atoms. The SMILES string of the molecule is C=C(/C=C\C1C=CN(Cc2ccccc2)N=C1)c1cc(CCCCN2CCN(SC)CC2)n2ncnc(N)c12. The predicted molar refractivity (Wildman–Crippen MR) is 163 cm³/mol. The Balaban J connectivity index is 1.18. The second kappa shape index (κ2) is 13.1. The lowest BCUT2D eigenvalue weighted by molar-refractivity contribution is 0.193. The molecule has 4 heterocycles. The van der Waals surface area contributed by atoms with E-state index in [-0.39, 0.29) is 5.92 Å². The molecule has 0 amide bonds. The third-order valence-corrected chi connectivity index (χ3v) is 8.21. The third-order valence-electron chi connectivity index (χ3n) is 7.32. The monoisotopic (exact) mass is 542 g/mol. The van der Waals surface area contributed by atoms with Crippen molar-refractivity contribution in [3.63, 3.8) is 0 Å². The molecule has 1 saturated heterocycles. The van der Waals surface area contributed by atoms with Crippen molar-refractivity contribution in [2.45, 2.75) is 25.8 Å². The first-order valence-electron chi connectivity index (χ1n) is 13.6. The van der Waals surface area contributed by atoms with Crippen LogP contribution in [0.2, 0.25) is 0 Å². The van der Waals surface area contributed by atoms with E-state index in [4.69, 9.17) is 5.73 Å². The van der Waals surface area contributed by atoms with Crippen LogP contribution in [0.3, 0.4) is 0 Å². The molecular formula is C30H38N8S. The molecule has 0 radical (unpaired) electrons. The van der Waals surface area contributed by atoms with Crippen molar-refractivity contribution in [1.82, 2.24) is 28.8 Å². The van der Waals surface area contributed by atoms with Crippen LogP contribution in [-0.4, -0.2) is 74.0 Å². The molecule has 2 aliphatic heterocycles. The first-order valence-corrected chi connectivity index (χ1v) is 14.8. The van der Waals surface area contributed by atoms with E-state index in [1.165, 1.54) is 11.9 Å². The molecule has 3 aromatic rings. The van der Waals surface area contributed by atoms with E-state index in [2.05, 4.69) is 67.6 Å². The van der Waals surface area contributed by atoms with Crippen LogP contribution < -0.4 is 5.73 Å². The van der Waals surface area contributed by atoms with Gasteiger partial charge in [0.15, 0.2) is 5.82 Å². The first-order chi connectivity index (χ1) is 19.1. The highest BCUT2D eigenvalue weighted by Gasteiger charge is 2.17. The highest BCUT2D eigenvalue weighted by Crippen LogP contribution is 2.28. The fourth-order valence-electron chi connectivity index (χ4n) is 5.08. The van der Waals surface area contributed by atoms with Crippen LogP contribution in [0.15, 0.2) is 78.8 Å². The minimum absolute atomic E-state index is 0.105. The second-order valence-electron chi connectivity index (χ2n) is 10.0.